The Morgan fingerprint density at radius 3 is 2.52 bits per heavy atom. The van der Waals surface area contributed by atoms with Crippen molar-refractivity contribution >= 4 is 21.6 Å². The first kappa shape index (κ1) is 18.5. The molecule has 0 N–H and O–H groups in total. The van der Waals surface area contributed by atoms with E-state index in [1.54, 1.807) is 15.2 Å². The molecule has 1 aromatic heterocycles. The van der Waals surface area contributed by atoms with Crippen LogP contribution in [0.15, 0.2) is 17.3 Å². The van der Waals surface area contributed by atoms with Crippen LogP contribution in [0.4, 0.5) is 0 Å². The lowest BCUT2D eigenvalue weighted by Crippen LogP contribution is -2.35. The van der Waals surface area contributed by atoms with Crippen molar-refractivity contribution in [1.29, 1.82) is 0 Å². The second-order valence-electron chi connectivity index (χ2n) is 5.12. The van der Waals surface area contributed by atoms with E-state index in [9.17, 15) is 8.42 Å². The second-order valence-corrected chi connectivity index (χ2v) is 7.44. The molecule has 1 aromatic rings. The lowest BCUT2D eigenvalue weighted by molar-refractivity contribution is 0.339. The van der Waals surface area contributed by atoms with Crippen molar-refractivity contribution < 1.29 is 8.42 Å². The molecule has 7 heteroatoms. The molecule has 0 aliphatic heterocycles. The average Bonchev–Trinajstić information content (AvgIpc) is 2.95. The molecular weight excluding hydrogens is 310 g/mol. The van der Waals surface area contributed by atoms with E-state index in [1.165, 1.54) is 6.20 Å². The van der Waals surface area contributed by atoms with E-state index in [-0.39, 0.29) is 4.90 Å². The second kappa shape index (κ2) is 8.76. The number of hydrogen-bond donors (Lipinski definition) is 0. The molecule has 1 heterocycles. The third-order valence-electron chi connectivity index (χ3n) is 3.74. The Morgan fingerprint density at radius 2 is 2.00 bits per heavy atom. The van der Waals surface area contributed by atoms with Crippen LogP contribution in [-0.2, 0) is 16.6 Å². The van der Waals surface area contributed by atoms with Gasteiger partial charge in [-0.3, -0.25) is 4.68 Å². The first-order valence-electron chi connectivity index (χ1n) is 7.58. The number of aryl methyl sites for hydroxylation is 1. The molecule has 0 bridgehead atoms. The highest BCUT2D eigenvalue weighted by atomic mass is 35.5. The summed E-state index contributed by atoms with van der Waals surface area (Å²) in [6.07, 6.45) is 5.76. The molecule has 21 heavy (non-hydrogen) atoms. The molecule has 0 unspecified atom stereocenters. The standard InChI is InChI=1S/C14H26ClN3O2S/c1-4-13(5-2)11-18(6-3)21(19,20)14-10-16-17(12-14)9-7-8-15/h10,12-13H,4-9,11H2,1-3H3. The lowest BCUT2D eigenvalue weighted by Gasteiger charge is -2.24. The van der Waals surface area contributed by atoms with Gasteiger partial charge in [0.05, 0.1) is 6.20 Å². The minimum atomic E-state index is -3.45. The van der Waals surface area contributed by atoms with Gasteiger partial charge in [-0.25, -0.2) is 8.42 Å². The summed E-state index contributed by atoms with van der Waals surface area (Å²) in [5, 5.41) is 4.11. The Morgan fingerprint density at radius 1 is 1.33 bits per heavy atom. The van der Waals surface area contributed by atoms with Gasteiger partial charge in [0.2, 0.25) is 10.0 Å². The first-order chi connectivity index (χ1) is 9.99. The summed E-state index contributed by atoms with van der Waals surface area (Å²) >= 11 is 5.64. The Labute approximate surface area is 133 Å². The number of rotatable bonds is 10. The van der Waals surface area contributed by atoms with E-state index >= 15 is 0 Å². The van der Waals surface area contributed by atoms with Crippen LogP contribution in [0.5, 0.6) is 0 Å². The fourth-order valence-corrected chi connectivity index (χ4v) is 3.80. The van der Waals surface area contributed by atoms with Crippen LogP contribution in [0, 0.1) is 5.92 Å². The van der Waals surface area contributed by atoms with Gasteiger partial charge in [0.1, 0.15) is 4.90 Å². The third-order valence-corrected chi connectivity index (χ3v) is 5.90. The van der Waals surface area contributed by atoms with E-state index in [0.717, 1.165) is 19.3 Å². The lowest BCUT2D eigenvalue weighted by atomic mass is 10.0. The van der Waals surface area contributed by atoms with Gasteiger partial charge in [0.15, 0.2) is 0 Å². The quantitative estimate of drug-likeness (QED) is 0.618. The summed E-state index contributed by atoms with van der Waals surface area (Å²) in [6, 6.07) is 0. The van der Waals surface area contributed by atoms with Crippen molar-refractivity contribution in [1.82, 2.24) is 14.1 Å². The number of hydrogen-bond acceptors (Lipinski definition) is 3. The Bertz CT molecular complexity index is 512. The van der Waals surface area contributed by atoms with Crippen LogP contribution in [0.2, 0.25) is 0 Å². The summed E-state index contributed by atoms with van der Waals surface area (Å²) < 4.78 is 28.5. The largest absolute Gasteiger partial charge is 0.271 e. The molecule has 5 nitrogen and oxygen atoms in total. The SMILES string of the molecule is CCC(CC)CN(CC)S(=O)(=O)c1cnn(CCCCl)c1. The van der Waals surface area contributed by atoms with Crippen molar-refractivity contribution in [2.45, 2.75) is 51.5 Å². The highest BCUT2D eigenvalue weighted by Gasteiger charge is 2.26. The molecule has 0 amide bonds. The fraction of sp³-hybridized carbons (Fsp3) is 0.786. The molecule has 0 aliphatic rings. The van der Waals surface area contributed by atoms with Gasteiger partial charge >= 0.3 is 0 Å². The van der Waals surface area contributed by atoms with Crippen LogP contribution in [0.3, 0.4) is 0 Å². The van der Waals surface area contributed by atoms with Crippen LogP contribution in [-0.4, -0.2) is 41.5 Å². The highest BCUT2D eigenvalue weighted by molar-refractivity contribution is 7.89. The zero-order valence-electron chi connectivity index (χ0n) is 13.1. The molecule has 0 saturated carbocycles. The van der Waals surface area contributed by atoms with Crippen molar-refractivity contribution in [2.24, 2.45) is 5.92 Å². The van der Waals surface area contributed by atoms with E-state index in [2.05, 4.69) is 18.9 Å². The summed E-state index contributed by atoms with van der Waals surface area (Å²) in [5.41, 5.74) is 0. The van der Waals surface area contributed by atoms with Crippen LogP contribution < -0.4 is 0 Å². The maximum Gasteiger partial charge on any atom is 0.246 e. The summed E-state index contributed by atoms with van der Waals surface area (Å²) in [6.45, 7) is 7.75. The third kappa shape index (κ3) is 4.97. The molecule has 0 saturated heterocycles. The van der Waals surface area contributed by atoms with Gasteiger partial charge < -0.3 is 0 Å². The number of aromatic nitrogens is 2. The Hall–Kier alpha value is -0.590. The average molecular weight is 336 g/mol. The topological polar surface area (TPSA) is 55.2 Å². The monoisotopic (exact) mass is 335 g/mol. The summed E-state index contributed by atoms with van der Waals surface area (Å²) in [7, 11) is -3.45. The first-order valence-corrected chi connectivity index (χ1v) is 9.55. The zero-order chi connectivity index (χ0) is 15.9. The molecule has 0 atom stereocenters. The van der Waals surface area contributed by atoms with Crippen molar-refractivity contribution in [3.63, 3.8) is 0 Å². The molecule has 0 aliphatic carbocycles. The van der Waals surface area contributed by atoms with Gasteiger partial charge in [-0.15, -0.1) is 11.6 Å². The highest BCUT2D eigenvalue weighted by Crippen LogP contribution is 2.19. The number of halogens is 1. The minimum Gasteiger partial charge on any atom is -0.271 e. The van der Waals surface area contributed by atoms with Crippen LogP contribution in [0.25, 0.3) is 0 Å². The van der Waals surface area contributed by atoms with Crippen molar-refractivity contribution in [2.75, 3.05) is 19.0 Å². The van der Waals surface area contributed by atoms with Crippen LogP contribution >= 0.6 is 11.6 Å². The van der Waals surface area contributed by atoms with E-state index in [4.69, 9.17) is 11.6 Å². The minimum absolute atomic E-state index is 0.268. The molecule has 0 fully saturated rings. The van der Waals surface area contributed by atoms with Gasteiger partial charge in [-0.1, -0.05) is 33.6 Å². The van der Waals surface area contributed by atoms with Crippen LogP contribution in [0.1, 0.15) is 40.0 Å². The summed E-state index contributed by atoms with van der Waals surface area (Å²) in [5.74, 6) is 0.934. The Balaban J connectivity index is 2.88. The molecule has 0 aromatic carbocycles. The maximum atomic E-state index is 12.7. The molecular formula is C14H26ClN3O2S. The fourth-order valence-electron chi connectivity index (χ4n) is 2.20. The number of alkyl halides is 1. The van der Waals surface area contributed by atoms with Crippen molar-refractivity contribution in [3.8, 4) is 0 Å². The van der Waals surface area contributed by atoms with E-state index in [1.807, 2.05) is 6.92 Å². The predicted molar refractivity (Wildman–Crippen MR) is 86.1 cm³/mol. The maximum absolute atomic E-state index is 12.7. The van der Waals surface area contributed by atoms with E-state index in [0.29, 0.717) is 31.4 Å². The molecule has 1 rings (SSSR count). The number of sulfonamides is 1. The van der Waals surface area contributed by atoms with E-state index < -0.39 is 10.0 Å². The van der Waals surface area contributed by atoms with Crippen molar-refractivity contribution in [3.05, 3.63) is 12.4 Å². The summed E-state index contributed by atoms with van der Waals surface area (Å²) in [4.78, 5) is 0.268. The predicted octanol–water partition coefficient (Wildman–Crippen LogP) is 2.96. The Kier molecular flexibility index (Phi) is 7.70. The van der Waals surface area contributed by atoms with Gasteiger partial charge in [0.25, 0.3) is 0 Å². The smallest absolute Gasteiger partial charge is 0.246 e. The van der Waals surface area contributed by atoms with Gasteiger partial charge in [-0.05, 0) is 12.3 Å². The molecule has 122 valence electrons. The normalized spacial score (nSPS) is 12.5. The zero-order valence-corrected chi connectivity index (χ0v) is 14.7. The number of nitrogens with zero attached hydrogens (tertiary/aromatic N) is 3. The van der Waals surface area contributed by atoms with Gasteiger partial charge in [0, 0.05) is 31.7 Å². The van der Waals surface area contributed by atoms with Gasteiger partial charge in [-0.2, -0.15) is 9.40 Å². The molecule has 0 radical (unpaired) electrons. The molecule has 0 spiro atoms.